The van der Waals surface area contributed by atoms with Gasteiger partial charge in [0, 0.05) is 31.9 Å². The van der Waals surface area contributed by atoms with Gasteiger partial charge in [0.05, 0.1) is 10.6 Å². The number of para-hydroxylation sites is 1. The SMILES string of the molecule is COCCC(CCl)Nc1ccccc1S(C)(=O)=O. The summed E-state index contributed by atoms with van der Waals surface area (Å²) in [5.41, 5.74) is 0.585. The molecule has 1 rings (SSSR count). The number of ether oxygens (including phenoxy) is 1. The maximum atomic E-state index is 11.6. The molecule has 1 N–H and O–H groups in total. The van der Waals surface area contributed by atoms with Crippen molar-refractivity contribution in [2.45, 2.75) is 17.4 Å². The first kappa shape index (κ1) is 15.3. The minimum atomic E-state index is -3.24. The molecular formula is C12H18ClNO3S. The molecule has 102 valence electrons. The van der Waals surface area contributed by atoms with Crippen LogP contribution in [0, 0.1) is 0 Å². The topological polar surface area (TPSA) is 55.4 Å². The van der Waals surface area contributed by atoms with Crippen molar-refractivity contribution in [1.82, 2.24) is 0 Å². The fraction of sp³-hybridized carbons (Fsp3) is 0.500. The molecule has 0 aliphatic carbocycles. The summed E-state index contributed by atoms with van der Waals surface area (Å²) in [5, 5.41) is 3.15. The maximum absolute atomic E-state index is 11.6. The standard InChI is InChI=1S/C12H18ClNO3S/c1-17-8-7-10(9-13)14-11-5-3-4-6-12(11)18(2,15)16/h3-6,10,14H,7-9H2,1-2H3. The third-order valence-corrected chi connectivity index (χ3v) is 4.03. The lowest BCUT2D eigenvalue weighted by molar-refractivity contribution is 0.191. The van der Waals surface area contributed by atoms with Crippen LogP contribution in [0.5, 0.6) is 0 Å². The number of alkyl halides is 1. The Morgan fingerprint density at radius 3 is 2.61 bits per heavy atom. The molecule has 18 heavy (non-hydrogen) atoms. The minimum Gasteiger partial charge on any atom is -0.385 e. The number of methoxy groups -OCH3 is 1. The smallest absolute Gasteiger partial charge is 0.177 e. The van der Waals surface area contributed by atoms with Gasteiger partial charge in [0.2, 0.25) is 0 Å². The van der Waals surface area contributed by atoms with Gasteiger partial charge in [-0.25, -0.2) is 8.42 Å². The van der Waals surface area contributed by atoms with Crippen LogP contribution in [0.25, 0.3) is 0 Å². The zero-order valence-corrected chi connectivity index (χ0v) is 12.1. The molecule has 4 nitrogen and oxygen atoms in total. The summed E-state index contributed by atoms with van der Waals surface area (Å²) >= 11 is 5.85. The van der Waals surface area contributed by atoms with E-state index in [2.05, 4.69) is 5.32 Å². The quantitative estimate of drug-likeness (QED) is 0.782. The number of halogens is 1. The van der Waals surface area contributed by atoms with Gasteiger partial charge >= 0.3 is 0 Å². The highest BCUT2D eigenvalue weighted by Gasteiger charge is 2.15. The molecule has 0 radical (unpaired) electrons. The zero-order chi connectivity index (χ0) is 13.6. The molecule has 0 aromatic heterocycles. The van der Waals surface area contributed by atoms with Gasteiger partial charge in [-0.1, -0.05) is 12.1 Å². The molecule has 1 unspecified atom stereocenters. The molecule has 0 spiro atoms. The van der Waals surface area contributed by atoms with E-state index in [0.29, 0.717) is 18.2 Å². The summed E-state index contributed by atoms with van der Waals surface area (Å²) in [7, 11) is -1.62. The molecule has 0 bridgehead atoms. The maximum Gasteiger partial charge on any atom is 0.177 e. The molecule has 1 atom stereocenters. The highest BCUT2D eigenvalue weighted by atomic mass is 35.5. The van der Waals surface area contributed by atoms with Crippen molar-refractivity contribution < 1.29 is 13.2 Å². The Kier molecular flexibility index (Phi) is 5.91. The Morgan fingerprint density at radius 1 is 1.39 bits per heavy atom. The predicted molar refractivity (Wildman–Crippen MR) is 74.2 cm³/mol. The molecule has 1 aromatic rings. The molecule has 6 heteroatoms. The van der Waals surface area contributed by atoms with Gasteiger partial charge in [0.15, 0.2) is 9.84 Å². The Labute approximate surface area is 113 Å². The van der Waals surface area contributed by atoms with Crippen molar-refractivity contribution in [3.8, 4) is 0 Å². The van der Waals surface area contributed by atoms with Crippen LogP contribution < -0.4 is 5.32 Å². The average molecular weight is 292 g/mol. The second kappa shape index (κ2) is 6.97. The highest BCUT2D eigenvalue weighted by Crippen LogP contribution is 2.22. The van der Waals surface area contributed by atoms with E-state index >= 15 is 0 Å². The van der Waals surface area contributed by atoms with E-state index in [1.54, 1.807) is 31.4 Å². The first-order valence-electron chi connectivity index (χ1n) is 5.59. The number of sulfone groups is 1. The molecule has 0 aliphatic heterocycles. The van der Waals surface area contributed by atoms with Gasteiger partial charge in [-0.3, -0.25) is 0 Å². The lowest BCUT2D eigenvalue weighted by Gasteiger charge is -2.18. The first-order valence-corrected chi connectivity index (χ1v) is 8.02. The molecule has 0 saturated carbocycles. The largest absolute Gasteiger partial charge is 0.385 e. The van der Waals surface area contributed by atoms with Crippen molar-refractivity contribution in [1.29, 1.82) is 0 Å². The monoisotopic (exact) mass is 291 g/mol. The van der Waals surface area contributed by atoms with Crippen LogP contribution >= 0.6 is 11.6 Å². The van der Waals surface area contributed by atoms with E-state index in [0.717, 1.165) is 6.42 Å². The summed E-state index contributed by atoms with van der Waals surface area (Å²) < 4.78 is 28.3. The Hall–Kier alpha value is -0.780. The van der Waals surface area contributed by atoms with Gasteiger partial charge in [0.25, 0.3) is 0 Å². The van der Waals surface area contributed by atoms with Crippen LogP contribution in [0.3, 0.4) is 0 Å². The van der Waals surface area contributed by atoms with E-state index in [1.807, 2.05) is 0 Å². The van der Waals surface area contributed by atoms with Crippen LogP contribution in [-0.2, 0) is 14.6 Å². The Balaban J connectivity index is 2.89. The summed E-state index contributed by atoms with van der Waals surface area (Å²) in [6.07, 6.45) is 1.91. The van der Waals surface area contributed by atoms with Crippen molar-refractivity contribution in [2.24, 2.45) is 0 Å². The number of rotatable bonds is 7. The van der Waals surface area contributed by atoms with Crippen molar-refractivity contribution in [3.05, 3.63) is 24.3 Å². The van der Waals surface area contributed by atoms with Crippen LogP contribution in [0.4, 0.5) is 5.69 Å². The molecule has 0 aliphatic rings. The molecular weight excluding hydrogens is 274 g/mol. The highest BCUT2D eigenvalue weighted by molar-refractivity contribution is 7.90. The lowest BCUT2D eigenvalue weighted by atomic mass is 10.2. The predicted octanol–water partition coefficient (Wildman–Crippen LogP) is 2.15. The van der Waals surface area contributed by atoms with Gasteiger partial charge in [-0.2, -0.15) is 0 Å². The molecule has 0 heterocycles. The zero-order valence-electron chi connectivity index (χ0n) is 10.5. The molecule has 0 saturated heterocycles. The summed E-state index contributed by atoms with van der Waals surface area (Å²) in [5.74, 6) is 0.390. The van der Waals surface area contributed by atoms with Crippen LogP contribution in [-0.4, -0.2) is 40.3 Å². The number of hydrogen-bond acceptors (Lipinski definition) is 4. The summed E-state index contributed by atoms with van der Waals surface area (Å²) in [4.78, 5) is 0.289. The molecule has 0 amide bonds. The van der Waals surface area contributed by atoms with Crippen LogP contribution in [0.15, 0.2) is 29.2 Å². The van der Waals surface area contributed by atoms with Crippen molar-refractivity contribution >= 4 is 27.1 Å². The Bertz CT molecular complexity index is 476. The molecule has 1 aromatic carbocycles. The number of hydrogen-bond donors (Lipinski definition) is 1. The van der Waals surface area contributed by atoms with E-state index in [4.69, 9.17) is 16.3 Å². The van der Waals surface area contributed by atoms with E-state index < -0.39 is 9.84 Å². The third kappa shape index (κ3) is 4.48. The Morgan fingerprint density at radius 2 is 2.06 bits per heavy atom. The second-order valence-electron chi connectivity index (χ2n) is 4.05. The van der Waals surface area contributed by atoms with Gasteiger partial charge in [0.1, 0.15) is 0 Å². The summed E-state index contributed by atoms with van der Waals surface area (Å²) in [6, 6.07) is 6.79. The van der Waals surface area contributed by atoms with Crippen molar-refractivity contribution in [2.75, 3.05) is 31.2 Å². The van der Waals surface area contributed by atoms with E-state index in [1.165, 1.54) is 6.26 Å². The van der Waals surface area contributed by atoms with Gasteiger partial charge < -0.3 is 10.1 Å². The second-order valence-corrected chi connectivity index (χ2v) is 6.34. The molecule has 0 fully saturated rings. The van der Waals surface area contributed by atoms with Gasteiger partial charge in [-0.15, -0.1) is 11.6 Å². The minimum absolute atomic E-state index is 0.0190. The normalized spacial score (nSPS) is 13.3. The lowest BCUT2D eigenvalue weighted by Crippen LogP contribution is -2.24. The fourth-order valence-electron chi connectivity index (χ4n) is 1.58. The average Bonchev–Trinajstić information content (AvgIpc) is 2.33. The number of anilines is 1. The van der Waals surface area contributed by atoms with Crippen LogP contribution in [0.2, 0.25) is 0 Å². The first-order chi connectivity index (χ1) is 8.49. The van der Waals surface area contributed by atoms with Crippen molar-refractivity contribution in [3.63, 3.8) is 0 Å². The van der Waals surface area contributed by atoms with Gasteiger partial charge in [-0.05, 0) is 18.6 Å². The third-order valence-electron chi connectivity index (χ3n) is 2.50. The number of nitrogens with one attached hydrogen (secondary N) is 1. The summed E-state index contributed by atoms with van der Waals surface area (Å²) in [6.45, 7) is 0.575. The number of benzene rings is 1. The fourth-order valence-corrected chi connectivity index (χ4v) is 2.66. The van der Waals surface area contributed by atoms with E-state index in [-0.39, 0.29) is 10.9 Å². The van der Waals surface area contributed by atoms with E-state index in [9.17, 15) is 8.42 Å². The van der Waals surface area contributed by atoms with Crippen LogP contribution in [0.1, 0.15) is 6.42 Å².